The molecule has 18 heavy (non-hydrogen) atoms. The average Bonchev–Trinajstić information content (AvgIpc) is 2.33. The second-order valence-electron chi connectivity index (χ2n) is 4.46. The molecule has 1 rings (SSSR count). The van der Waals surface area contributed by atoms with E-state index in [1.807, 2.05) is 0 Å². The van der Waals surface area contributed by atoms with Crippen LogP contribution in [0.3, 0.4) is 0 Å². The molecule has 0 bridgehead atoms. The molecule has 3 heteroatoms. The lowest BCUT2D eigenvalue weighted by Gasteiger charge is -2.09. The van der Waals surface area contributed by atoms with E-state index in [1.54, 1.807) is 6.07 Å². The summed E-state index contributed by atoms with van der Waals surface area (Å²) in [5.74, 6) is 6.70. The maximum Gasteiger partial charge on any atom is 0.137 e. The third-order valence-electron chi connectivity index (χ3n) is 2.42. The topological polar surface area (TPSA) is 9.23 Å². The number of hydrogen-bond donors (Lipinski definition) is 0. The summed E-state index contributed by atoms with van der Waals surface area (Å²) < 4.78 is 18.7. The molecule has 0 unspecified atom stereocenters. The van der Waals surface area contributed by atoms with E-state index in [2.05, 4.69) is 25.7 Å². The Balaban J connectivity index is 2.64. The van der Waals surface area contributed by atoms with Gasteiger partial charge in [-0.2, -0.15) is 0 Å². The van der Waals surface area contributed by atoms with Crippen molar-refractivity contribution in [1.82, 2.24) is 0 Å². The van der Waals surface area contributed by atoms with E-state index in [4.69, 9.17) is 16.3 Å². The smallest absolute Gasteiger partial charge is 0.137 e. The molecule has 1 aromatic rings. The van der Waals surface area contributed by atoms with E-state index < -0.39 is 0 Å². The van der Waals surface area contributed by atoms with Crippen LogP contribution in [-0.2, 0) is 0 Å². The highest BCUT2D eigenvalue weighted by Crippen LogP contribution is 2.19. The van der Waals surface area contributed by atoms with Crippen molar-refractivity contribution in [2.75, 3.05) is 12.5 Å². The fourth-order valence-electron chi connectivity index (χ4n) is 1.52. The molecule has 0 amide bonds. The zero-order chi connectivity index (χ0) is 13.4. The number of rotatable bonds is 5. The predicted octanol–water partition coefficient (Wildman–Crippen LogP) is 4.23. The quantitative estimate of drug-likeness (QED) is 0.441. The van der Waals surface area contributed by atoms with E-state index in [1.165, 1.54) is 12.1 Å². The van der Waals surface area contributed by atoms with Gasteiger partial charge >= 0.3 is 0 Å². The van der Waals surface area contributed by atoms with Gasteiger partial charge in [-0.1, -0.05) is 25.7 Å². The molecule has 0 spiro atoms. The zero-order valence-corrected chi connectivity index (χ0v) is 11.6. The van der Waals surface area contributed by atoms with Gasteiger partial charge in [0.2, 0.25) is 0 Å². The van der Waals surface area contributed by atoms with Gasteiger partial charge in [-0.25, -0.2) is 4.39 Å². The number of hydrogen-bond acceptors (Lipinski definition) is 1. The van der Waals surface area contributed by atoms with Gasteiger partial charge in [0.1, 0.15) is 11.6 Å². The molecule has 0 saturated carbocycles. The second-order valence-corrected chi connectivity index (χ2v) is 4.73. The fourth-order valence-corrected chi connectivity index (χ4v) is 1.59. The summed E-state index contributed by atoms with van der Waals surface area (Å²) in [5.41, 5.74) is 0.682. The SMILES string of the molecule is CC(C)CCCOc1cc(F)ccc1C#CCCl. The monoisotopic (exact) mass is 268 g/mol. The first-order chi connectivity index (χ1) is 8.63. The third-order valence-corrected chi connectivity index (χ3v) is 2.55. The summed E-state index contributed by atoms with van der Waals surface area (Å²) in [6.45, 7) is 4.91. The van der Waals surface area contributed by atoms with Gasteiger partial charge in [0.25, 0.3) is 0 Å². The van der Waals surface area contributed by atoms with Gasteiger partial charge in [0, 0.05) is 6.07 Å². The van der Waals surface area contributed by atoms with Crippen LogP contribution in [0.2, 0.25) is 0 Å². The Kier molecular flexibility index (Phi) is 6.60. The largest absolute Gasteiger partial charge is 0.492 e. The molecule has 1 nitrogen and oxygen atoms in total. The minimum atomic E-state index is -0.315. The van der Waals surface area contributed by atoms with E-state index in [0.29, 0.717) is 23.8 Å². The van der Waals surface area contributed by atoms with Crippen molar-refractivity contribution in [2.24, 2.45) is 5.92 Å². The van der Waals surface area contributed by atoms with Gasteiger partial charge in [0.15, 0.2) is 0 Å². The van der Waals surface area contributed by atoms with Crippen LogP contribution in [0.1, 0.15) is 32.3 Å². The van der Waals surface area contributed by atoms with Gasteiger partial charge in [-0.05, 0) is 30.9 Å². The first-order valence-electron chi connectivity index (χ1n) is 6.10. The third kappa shape index (κ3) is 5.42. The van der Waals surface area contributed by atoms with E-state index in [0.717, 1.165) is 12.8 Å². The maximum atomic E-state index is 13.2. The molecule has 0 aromatic heterocycles. The van der Waals surface area contributed by atoms with Crippen molar-refractivity contribution >= 4 is 11.6 Å². The molecule has 0 aliphatic heterocycles. The molecule has 0 saturated heterocycles. The molecule has 0 atom stereocenters. The van der Waals surface area contributed by atoms with Crippen molar-refractivity contribution in [3.8, 4) is 17.6 Å². The van der Waals surface area contributed by atoms with Crippen LogP contribution in [0.15, 0.2) is 18.2 Å². The predicted molar refractivity (Wildman–Crippen MR) is 73.6 cm³/mol. The van der Waals surface area contributed by atoms with Crippen molar-refractivity contribution in [3.05, 3.63) is 29.6 Å². The molecule has 0 heterocycles. The lowest BCUT2D eigenvalue weighted by molar-refractivity contribution is 0.295. The summed E-state index contributed by atoms with van der Waals surface area (Å²) >= 11 is 5.51. The van der Waals surface area contributed by atoms with Crippen molar-refractivity contribution in [2.45, 2.75) is 26.7 Å². The molecule has 0 N–H and O–H groups in total. The van der Waals surface area contributed by atoms with E-state index in [9.17, 15) is 4.39 Å². The Hall–Kier alpha value is -1.20. The number of halogens is 2. The molecule has 0 aliphatic rings. The van der Waals surface area contributed by atoms with E-state index >= 15 is 0 Å². The fraction of sp³-hybridized carbons (Fsp3) is 0.467. The molecular weight excluding hydrogens is 251 g/mol. The second kappa shape index (κ2) is 8.00. The standard InChI is InChI=1S/C15H18ClFO/c1-12(2)5-4-10-18-15-11-14(17)8-7-13(15)6-3-9-16/h7-8,11-12H,4-5,9-10H2,1-2H3. The lowest BCUT2D eigenvalue weighted by Crippen LogP contribution is -2.01. The number of benzene rings is 1. The van der Waals surface area contributed by atoms with Crippen molar-refractivity contribution in [1.29, 1.82) is 0 Å². The van der Waals surface area contributed by atoms with Crippen LogP contribution in [-0.4, -0.2) is 12.5 Å². The average molecular weight is 269 g/mol. The van der Waals surface area contributed by atoms with Crippen LogP contribution < -0.4 is 4.74 Å². The zero-order valence-electron chi connectivity index (χ0n) is 10.8. The van der Waals surface area contributed by atoms with Crippen LogP contribution in [0, 0.1) is 23.6 Å². The molecule has 0 radical (unpaired) electrons. The lowest BCUT2D eigenvalue weighted by atomic mass is 10.1. The summed E-state index contributed by atoms with van der Waals surface area (Å²) in [6.07, 6.45) is 2.05. The molecule has 98 valence electrons. The van der Waals surface area contributed by atoms with Gasteiger partial charge in [0.05, 0.1) is 18.1 Å². The Morgan fingerprint density at radius 2 is 2.17 bits per heavy atom. The summed E-state index contributed by atoms with van der Waals surface area (Å²) in [7, 11) is 0. The molecule has 0 fully saturated rings. The van der Waals surface area contributed by atoms with Gasteiger partial charge in [-0.15, -0.1) is 11.6 Å². The van der Waals surface area contributed by atoms with Crippen molar-refractivity contribution < 1.29 is 9.13 Å². The van der Waals surface area contributed by atoms with Gasteiger partial charge in [-0.3, -0.25) is 0 Å². The summed E-state index contributed by atoms with van der Waals surface area (Å²) in [4.78, 5) is 0. The maximum absolute atomic E-state index is 13.2. The normalized spacial score (nSPS) is 10.1. The Morgan fingerprint density at radius 3 is 2.83 bits per heavy atom. The number of alkyl halides is 1. The minimum absolute atomic E-state index is 0.254. The highest BCUT2D eigenvalue weighted by atomic mass is 35.5. The highest BCUT2D eigenvalue weighted by molar-refractivity contribution is 6.19. The van der Waals surface area contributed by atoms with Gasteiger partial charge < -0.3 is 4.74 Å². The van der Waals surface area contributed by atoms with Crippen LogP contribution in [0.4, 0.5) is 4.39 Å². The highest BCUT2D eigenvalue weighted by Gasteiger charge is 2.04. The molecule has 0 aliphatic carbocycles. The Labute approximate surface area is 113 Å². The van der Waals surface area contributed by atoms with E-state index in [-0.39, 0.29) is 11.7 Å². The first-order valence-corrected chi connectivity index (χ1v) is 6.64. The molecule has 1 aromatic carbocycles. The van der Waals surface area contributed by atoms with Crippen LogP contribution in [0.5, 0.6) is 5.75 Å². The first kappa shape index (κ1) is 14.9. The Morgan fingerprint density at radius 1 is 1.39 bits per heavy atom. The van der Waals surface area contributed by atoms with Crippen molar-refractivity contribution in [3.63, 3.8) is 0 Å². The summed E-state index contributed by atoms with van der Waals surface area (Å²) in [5, 5.41) is 0. The molecular formula is C15H18ClFO. The Bertz CT molecular complexity index is 432. The van der Waals surface area contributed by atoms with Crippen LogP contribution in [0.25, 0.3) is 0 Å². The summed E-state index contributed by atoms with van der Waals surface area (Å²) in [6, 6.07) is 4.36. The number of ether oxygens (including phenoxy) is 1. The minimum Gasteiger partial charge on any atom is -0.492 e. The van der Waals surface area contributed by atoms with Crippen LogP contribution >= 0.6 is 11.6 Å².